The summed E-state index contributed by atoms with van der Waals surface area (Å²) >= 11 is 0. The molecule has 5 heteroatoms. The Bertz CT molecular complexity index is 330. The smallest absolute Gasteiger partial charge is 0.313 e. The van der Waals surface area contributed by atoms with E-state index in [-0.39, 0.29) is 25.0 Å². The monoisotopic (exact) mass is 227 g/mol. The quantitative estimate of drug-likeness (QED) is 0.724. The molecule has 16 heavy (non-hydrogen) atoms. The summed E-state index contributed by atoms with van der Waals surface area (Å²) in [6, 6.07) is -0.412. The molecule has 90 valence electrons. The highest BCUT2D eigenvalue weighted by molar-refractivity contribution is 5.83. The van der Waals surface area contributed by atoms with E-state index >= 15 is 0 Å². The largest absolute Gasteiger partial charge is 0.481 e. The summed E-state index contributed by atoms with van der Waals surface area (Å²) < 4.78 is 5.17. The van der Waals surface area contributed by atoms with Gasteiger partial charge in [-0.2, -0.15) is 0 Å². The SMILES string of the molecule is CC1CC1C(=O)NC1COCC1(C)C(=O)O. The fraction of sp³-hybridized carbons (Fsp3) is 0.818. The molecule has 0 bridgehead atoms. The number of hydrogen-bond acceptors (Lipinski definition) is 3. The number of hydrogen-bond donors (Lipinski definition) is 2. The lowest BCUT2D eigenvalue weighted by Crippen LogP contribution is -2.50. The molecule has 4 atom stereocenters. The van der Waals surface area contributed by atoms with Crippen LogP contribution in [0.4, 0.5) is 0 Å². The van der Waals surface area contributed by atoms with Crippen LogP contribution in [0.5, 0.6) is 0 Å². The van der Waals surface area contributed by atoms with Crippen LogP contribution in [0.1, 0.15) is 20.3 Å². The van der Waals surface area contributed by atoms with Crippen LogP contribution in [0.25, 0.3) is 0 Å². The summed E-state index contributed by atoms with van der Waals surface area (Å²) in [6.07, 6.45) is 0.906. The van der Waals surface area contributed by atoms with Gasteiger partial charge in [0.05, 0.1) is 19.3 Å². The van der Waals surface area contributed by atoms with Crippen LogP contribution in [0, 0.1) is 17.3 Å². The van der Waals surface area contributed by atoms with Crippen LogP contribution in [-0.4, -0.2) is 36.2 Å². The van der Waals surface area contributed by atoms with Gasteiger partial charge in [-0.3, -0.25) is 9.59 Å². The van der Waals surface area contributed by atoms with Gasteiger partial charge in [-0.15, -0.1) is 0 Å². The predicted molar refractivity (Wildman–Crippen MR) is 55.8 cm³/mol. The van der Waals surface area contributed by atoms with Crippen molar-refractivity contribution in [1.82, 2.24) is 5.32 Å². The summed E-state index contributed by atoms with van der Waals surface area (Å²) in [5, 5.41) is 11.9. The lowest BCUT2D eigenvalue weighted by atomic mass is 9.85. The van der Waals surface area contributed by atoms with Crippen molar-refractivity contribution < 1.29 is 19.4 Å². The fourth-order valence-electron chi connectivity index (χ4n) is 2.05. The summed E-state index contributed by atoms with van der Waals surface area (Å²) in [5.74, 6) is -0.452. The molecule has 0 aromatic heterocycles. The molecule has 1 saturated carbocycles. The average molecular weight is 227 g/mol. The van der Waals surface area contributed by atoms with Gasteiger partial charge < -0.3 is 15.2 Å². The first-order valence-electron chi connectivity index (χ1n) is 5.56. The van der Waals surface area contributed by atoms with E-state index in [0.717, 1.165) is 6.42 Å². The molecule has 2 rings (SSSR count). The second-order valence-electron chi connectivity index (χ2n) is 5.12. The highest BCUT2D eigenvalue weighted by Gasteiger charge is 2.49. The van der Waals surface area contributed by atoms with Crippen LogP contribution in [0.2, 0.25) is 0 Å². The Morgan fingerprint density at radius 3 is 2.62 bits per heavy atom. The fourth-order valence-corrected chi connectivity index (χ4v) is 2.05. The van der Waals surface area contributed by atoms with Crippen LogP contribution in [0.3, 0.4) is 0 Å². The molecule has 2 aliphatic rings. The van der Waals surface area contributed by atoms with E-state index in [4.69, 9.17) is 9.84 Å². The highest BCUT2D eigenvalue weighted by Crippen LogP contribution is 2.38. The Morgan fingerprint density at radius 2 is 2.12 bits per heavy atom. The summed E-state index contributed by atoms with van der Waals surface area (Å²) in [4.78, 5) is 22.9. The van der Waals surface area contributed by atoms with Gasteiger partial charge in [-0.05, 0) is 19.3 Å². The van der Waals surface area contributed by atoms with Gasteiger partial charge in [0.2, 0.25) is 5.91 Å². The minimum Gasteiger partial charge on any atom is -0.481 e. The number of rotatable bonds is 3. The minimum absolute atomic E-state index is 0.0320. The molecule has 1 aliphatic heterocycles. The Balaban J connectivity index is 1.98. The number of aliphatic carboxylic acids is 1. The van der Waals surface area contributed by atoms with Crippen molar-refractivity contribution in [2.24, 2.45) is 17.3 Å². The van der Waals surface area contributed by atoms with Crippen molar-refractivity contribution in [3.8, 4) is 0 Å². The topological polar surface area (TPSA) is 75.6 Å². The van der Waals surface area contributed by atoms with Crippen LogP contribution in [-0.2, 0) is 14.3 Å². The number of amides is 1. The normalized spacial score (nSPS) is 41.8. The van der Waals surface area contributed by atoms with Gasteiger partial charge in [0.25, 0.3) is 0 Å². The molecule has 1 amide bonds. The van der Waals surface area contributed by atoms with Crippen molar-refractivity contribution in [2.75, 3.05) is 13.2 Å². The zero-order valence-electron chi connectivity index (χ0n) is 9.53. The molecule has 0 aromatic carbocycles. The van der Waals surface area contributed by atoms with E-state index in [0.29, 0.717) is 5.92 Å². The molecule has 5 nitrogen and oxygen atoms in total. The maximum absolute atomic E-state index is 11.7. The third-order valence-corrected chi connectivity index (χ3v) is 3.71. The Kier molecular flexibility index (Phi) is 2.66. The van der Waals surface area contributed by atoms with Crippen LogP contribution < -0.4 is 5.32 Å². The van der Waals surface area contributed by atoms with Crippen LogP contribution in [0.15, 0.2) is 0 Å². The van der Waals surface area contributed by atoms with Gasteiger partial charge in [0.15, 0.2) is 0 Å². The maximum atomic E-state index is 11.7. The molecule has 1 aliphatic carbocycles. The van der Waals surface area contributed by atoms with Crippen molar-refractivity contribution in [3.63, 3.8) is 0 Å². The molecule has 0 radical (unpaired) electrons. The van der Waals surface area contributed by atoms with E-state index in [1.165, 1.54) is 0 Å². The molecular weight excluding hydrogens is 210 g/mol. The van der Waals surface area contributed by atoms with Crippen LogP contribution >= 0.6 is 0 Å². The number of carbonyl (C=O) groups is 2. The lowest BCUT2D eigenvalue weighted by Gasteiger charge is -2.25. The van der Waals surface area contributed by atoms with Gasteiger partial charge in [0, 0.05) is 5.92 Å². The average Bonchev–Trinajstić information content (AvgIpc) is 2.82. The Labute approximate surface area is 94.2 Å². The van der Waals surface area contributed by atoms with Gasteiger partial charge in [-0.25, -0.2) is 0 Å². The number of ether oxygens (including phenoxy) is 1. The maximum Gasteiger partial charge on any atom is 0.313 e. The van der Waals surface area contributed by atoms with Gasteiger partial charge in [-0.1, -0.05) is 6.92 Å². The van der Waals surface area contributed by atoms with E-state index in [1.54, 1.807) is 6.92 Å². The second-order valence-corrected chi connectivity index (χ2v) is 5.12. The number of carboxylic acids is 1. The van der Waals surface area contributed by atoms with Gasteiger partial charge >= 0.3 is 5.97 Å². The first-order valence-corrected chi connectivity index (χ1v) is 5.56. The molecular formula is C11H17NO4. The molecule has 4 unspecified atom stereocenters. The molecule has 1 saturated heterocycles. The molecule has 2 N–H and O–H groups in total. The van der Waals surface area contributed by atoms with Crippen molar-refractivity contribution in [3.05, 3.63) is 0 Å². The van der Waals surface area contributed by atoms with E-state index < -0.39 is 17.4 Å². The van der Waals surface area contributed by atoms with Gasteiger partial charge in [0.1, 0.15) is 5.41 Å². The summed E-state index contributed by atoms with van der Waals surface area (Å²) in [6.45, 7) is 4.08. The van der Waals surface area contributed by atoms with E-state index in [9.17, 15) is 9.59 Å². The standard InChI is InChI=1S/C11H17NO4/c1-6-3-7(6)9(13)12-8-4-16-5-11(8,2)10(14)15/h6-8H,3-5H2,1-2H3,(H,12,13)(H,14,15). The van der Waals surface area contributed by atoms with E-state index in [1.807, 2.05) is 6.92 Å². The second kappa shape index (κ2) is 3.73. The number of nitrogens with one attached hydrogen (secondary N) is 1. The zero-order chi connectivity index (χ0) is 11.9. The molecule has 0 spiro atoms. The van der Waals surface area contributed by atoms with E-state index in [2.05, 4.69) is 5.32 Å². The first kappa shape index (κ1) is 11.4. The number of carboxylic acid groups (broad SMARTS) is 1. The summed E-state index contributed by atoms with van der Waals surface area (Å²) in [5.41, 5.74) is -0.992. The molecule has 0 aromatic rings. The number of carbonyl (C=O) groups excluding carboxylic acids is 1. The lowest BCUT2D eigenvalue weighted by molar-refractivity contribution is -0.149. The first-order chi connectivity index (χ1) is 7.45. The predicted octanol–water partition coefficient (Wildman–Crippen LogP) is 0.248. The van der Waals surface area contributed by atoms with Crippen molar-refractivity contribution >= 4 is 11.9 Å². The Morgan fingerprint density at radius 1 is 1.50 bits per heavy atom. The third kappa shape index (κ3) is 1.80. The molecule has 2 fully saturated rings. The van der Waals surface area contributed by atoms with Crippen molar-refractivity contribution in [1.29, 1.82) is 0 Å². The van der Waals surface area contributed by atoms with Crippen molar-refractivity contribution in [2.45, 2.75) is 26.3 Å². The zero-order valence-corrected chi connectivity index (χ0v) is 9.53. The minimum atomic E-state index is -0.992. The third-order valence-electron chi connectivity index (χ3n) is 3.71. The molecule has 1 heterocycles. The highest BCUT2D eigenvalue weighted by atomic mass is 16.5. The Hall–Kier alpha value is -1.10. The summed E-state index contributed by atoms with van der Waals surface area (Å²) in [7, 11) is 0.